The summed E-state index contributed by atoms with van der Waals surface area (Å²) < 4.78 is 57.9. The first-order valence-corrected chi connectivity index (χ1v) is 6.43. The molecule has 0 bridgehead atoms. The summed E-state index contributed by atoms with van der Waals surface area (Å²) >= 11 is 2.94. The van der Waals surface area contributed by atoms with E-state index in [1.54, 1.807) is 0 Å². The van der Waals surface area contributed by atoms with Crippen LogP contribution in [0.25, 0.3) is 0 Å². The summed E-state index contributed by atoms with van der Waals surface area (Å²) in [5.74, 6) is -5.56. The van der Waals surface area contributed by atoms with Crippen molar-refractivity contribution in [1.29, 1.82) is 0 Å². The van der Waals surface area contributed by atoms with E-state index in [-0.39, 0.29) is 4.47 Å². The minimum atomic E-state index is -1.27. The molecule has 0 saturated heterocycles. The lowest BCUT2D eigenvalue weighted by Crippen LogP contribution is -2.14. The number of ketones is 1. The maximum Gasteiger partial charge on any atom is 0.203 e. The number of hydrogen-bond acceptors (Lipinski definition) is 2. The van der Waals surface area contributed by atoms with Crippen LogP contribution in [0.2, 0.25) is 0 Å². The lowest BCUT2D eigenvalue weighted by Gasteiger charge is -2.08. The van der Waals surface area contributed by atoms with Crippen LogP contribution in [0, 0.1) is 23.3 Å². The van der Waals surface area contributed by atoms with E-state index in [0.29, 0.717) is 6.07 Å². The number of benzene rings is 2. The Balaban J connectivity index is 2.17. The molecule has 0 amide bonds. The van der Waals surface area contributed by atoms with Gasteiger partial charge in [0.2, 0.25) is 11.6 Å². The van der Waals surface area contributed by atoms with Crippen molar-refractivity contribution >= 4 is 21.7 Å². The highest BCUT2D eigenvalue weighted by Gasteiger charge is 2.16. The first-order chi connectivity index (χ1) is 9.88. The van der Waals surface area contributed by atoms with E-state index < -0.39 is 47.0 Å². The highest BCUT2D eigenvalue weighted by molar-refractivity contribution is 9.10. The van der Waals surface area contributed by atoms with Crippen molar-refractivity contribution in [2.45, 2.75) is 0 Å². The Morgan fingerprint density at radius 3 is 2.48 bits per heavy atom. The molecular weight excluding hydrogens is 356 g/mol. The lowest BCUT2D eigenvalue weighted by molar-refractivity contribution is 0.0913. The van der Waals surface area contributed by atoms with Crippen LogP contribution in [0.5, 0.6) is 5.75 Å². The normalized spacial score (nSPS) is 10.5. The number of hydrogen-bond donors (Lipinski definition) is 0. The van der Waals surface area contributed by atoms with Crippen molar-refractivity contribution in [1.82, 2.24) is 0 Å². The van der Waals surface area contributed by atoms with Crippen LogP contribution in [0.1, 0.15) is 10.4 Å². The van der Waals surface area contributed by atoms with E-state index in [0.717, 1.165) is 24.3 Å². The second-order valence-corrected chi connectivity index (χ2v) is 4.95. The van der Waals surface area contributed by atoms with Gasteiger partial charge in [-0.3, -0.25) is 4.79 Å². The summed E-state index contributed by atoms with van der Waals surface area (Å²) in [5, 5.41) is 0. The van der Waals surface area contributed by atoms with Gasteiger partial charge in [0, 0.05) is 4.47 Å². The van der Waals surface area contributed by atoms with Gasteiger partial charge < -0.3 is 4.74 Å². The Bertz CT molecular complexity index is 704. The smallest absolute Gasteiger partial charge is 0.203 e. The fourth-order valence-electron chi connectivity index (χ4n) is 1.57. The molecule has 2 aromatic rings. The molecule has 0 unspecified atom stereocenters. The second-order valence-electron chi connectivity index (χ2n) is 4.04. The zero-order valence-electron chi connectivity index (χ0n) is 10.3. The number of rotatable bonds is 4. The van der Waals surface area contributed by atoms with Gasteiger partial charge in [-0.2, -0.15) is 4.39 Å². The summed E-state index contributed by atoms with van der Waals surface area (Å²) in [6.45, 7) is -0.757. The van der Waals surface area contributed by atoms with Crippen molar-refractivity contribution in [2.24, 2.45) is 0 Å². The summed E-state index contributed by atoms with van der Waals surface area (Å²) in [6.07, 6.45) is 0. The molecule has 0 aliphatic carbocycles. The standard InChI is InChI=1S/C14H7BrF4O2/c15-7-3-11(18)14(19)13(4-7)21-6-12(20)9-5-8(16)1-2-10(9)17/h1-5H,6H2. The number of carbonyl (C=O) groups is 1. The first kappa shape index (κ1) is 15.5. The third kappa shape index (κ3) is 3.60. The highest BCUT2D eigenvalue weighted by Crippen LogP contribution is 2.25. The molecule has 0 saturated carbocycles. The molecule has 2 rings (SSSR count). The predicted octanol–water partition coefficient (Wildman–Crippen LogP) is 4.27. The van der Waals surface area contributed by atoms with E-state index in [2.05, 4.69) is 15.9 Å². The summed E-state index contributed by atoms with van der Waals surface area (Å²) in [5.41, 5.74) is -0.522. The maximum absolute atomic E-state index is 13.4. The molecule has 110 valence electrons. The molecule has 2 aromatic carbocycles. The van der Waals surface area contributed by atoms with Gasteiger partial charge in [-0.15, -0.1) is 0 Å². The van der Waals surface area contributed by atoms with Gasteiger partial charge in [0.05, 0.1) is 5.56 Å². The zero-order chi connectivity index (χ0) is 15.6. The first-order valence-electron chi connectivity index (χ1n) is 5.64. The molecule has 0 radical (unpaired) electrons. The lowest BCUT2D eigenvalue weighted by atomic mass is 10.1. The van der Waals surface area contributed by atoms with Crippen molar-refractivity contribution in [3.63, 3.8) is 0 Å². The van der Waals surface area contributed by atoms with Crippen LogP contribution in [0.4, 0.5) is 17.6 Å². The van der Waals surface area contributed by atoms with Crippen LogP contribution in [0.3, 0.4) is 0 Å². The fraction of sp³-hybridized carbons (Fsp3) is 0.0714. The SMILES string of the molecule is O=C(COc1cc(Br)cc(F)c1F)c1cc(F)ccc1F. The van der Waals surface area contributed by atoms with Crippen molar-refractivity contribution in [3.05, 3.63) is 63.6 Å². The Morgan fingerprint density at radius 2 is 1.76 bits per heavy atom. The molecule has 0 N–H and O–H groups in total. The van der Waals surface area contributed by atoms with Crippen LogP contribution in [-0.4, -0.2) is 12.4 Å². The fourth-order valence-corrected chi connectivity index (χ4v) is 1.98. The van der Waals surface area contributed by atoms with Gasteiger partial charge in [-0.1, -0.05) is 15.9 Å². The van der Waals surface area contributed by atoms with Crippen molar-refractivity contribution in [3.8, 4) is 5.75 Å². The Hall–Kier alpha value is -1.89. The quantitative estimate of drug-likeness (QED) is 0.461. The van der Waals surface area contributed by atoms with Gasteiger partial charge in [0.25, 0.3) is 0 Å². The van der Waals surface area contributed by atoms with Gasteiger partial charge in [-0.05, 0) is 30.3 Å². The third-order valence-electron chi connectivity index (χ3n) is 2.55. The van der Waals surface area contributed by atoms with Crippen LogP contribution in [0.15, 0.2) is 34.8 Å². The molecular formula is C14H7BrF4O2. The van der Waals surface area contributed by atoms with E-state index in [4.69, 9.17) is 4.74 Å². The van der Waals surface area contributed by atoms with Crippen molar-refractivity contribution < 1.29 is 27.1 Å². The number of carbonyl (C=O) groups excluding carboxylic acids is 1. The number of ether oxygens (including phenoxy) is 1. The Labute approximate surface area is 125 Å². The molecule has 0 spiro atoms. The van der Waals surface area contributed by atoms with E-state index in [9.17, 15) is 22.4 Å². The van der Waals surface area contributed by atoms with E-state index in [1.807, 2.05) is 0 Å². The molecule has 0 aromatic heterocycles. The average Bonchev–Trinajstić information content (AvgIpc) is 2.43. The van der Waals surface area contributed by atoms with Gasteiger partial charge in [0.1, 0.15) is 11.6 Å². The minimum Gasteiger partial charge on any atom is -0.482 e. The molecule has 0 heterocycles. The third-order valence-corrected chi connectivity index (χ3v) is 3.01. The van der Waals surface area contributed by atoms with Gasteiger partial charge in [-0.25, -0.2) is 13.2 Å². The molecule has 21 heavy (non-hydrogen) atoms. The van der Waals surface area contributed by atoms with E-state index in [1.165, 1.54) is 0 Å². The van der Waals surface area contributed by atoms with Crippen LogP contribution in [-0.2, 0) is 0 Å². The van der Waals surface area contributed by atoms with Gasteiger partial charge in [0.15, 0.2) is 18.2 Å². The Kier molecular flexibility index (Phi) is 4.62. The monoisotopic (exact) mass is 362 g/mol. The van der Waals surface area contributed by atoms with Crippen LogP contribution >= 0.6 is 15.9 Å². The summed E-state index contributed by atoms with van der Waals surface area (Å²) in [6, 6.07) is 4.36. The topological polar surface area (TPSA) is 26.3 Å². The second kappa shape index (κ2) is 6.26. The number of Topliss-reactive ketones (excluding diaryl/α,β-unsaturated/α-hetero) is 1. The molecule has 2 nitrogen and oxygen atoms in total. The Morgan fingerprint density at radius 1 is 1.05 bits per heavy atom. The summed E-state index contributed by atoms with van der Waals surface area (Å²) in [7, 11) is 0. The molecule has 0 atom stereocenters. The van der Waals surface area contributed by atoms with Crippen LogP contribution < -0.4 is 4.74 Å². The summed E-state index contributed by atoms with van der Waals surface area (Å²) in [4.78, 5) is 11.7. The predicted molar refractivity (Wildman–Crippen MR) is 70.2 cm³/mol. The molecule has 0 aliphatic heterocycles. The van der Waals surface area contributed by atoms with Crippen molar-refractivity contribution in [2.75, 3.05) is 6.61 Å². The zero-order valence-corrected chi connectivity index (χ0v) is 11.9. The number of halogens is 5. The highest BCUT2D eigenvalue weighted by atomic mass is 79.9. The van der Waals surface area contributed by atoms with E-state index >= 15 is 0 Å². The molecule has 0 fully saturated rings. The minimum absolute atomic E-state index is 0.209. The maximum atomic E-state index is 13.4. The largest absolute Gasteiger partial charge is 0.482 e. The molecule has 0 aliphatic rings. The molecule has 7 heteroatoms. The van der Waals surface area contributed by atoms with Gasteiger partial charge >= 0.3 is 0 Å². The average molecular weight is 363 g/mol.